The number of methoxy groups -OCH3 is 1. The predicted octanol–water partition coefficient (Wildman–Crippen LogP) is 1.84. The summed E-state index contributed by atoms with van der Waals surface area (Å²) >= 11 is 0. The molecule has 0 rings (SSSR count). The summed E-state index contributed by atoms with van der Waals surface area (Å²) in [5.41, 5.74) is 1.04. The van der Waals surface area contributed by atoms with E-state index in [4.69, 9.17) is 4.74 Å². The van der Waals surface area contributed by atoms with Gasteiger partial charge >= 0.3 is 5.97 Å². The summed E-state index contributed by atoms with van der Waals surface area (Å²) in [6.07, 6.45) is 1.96. The van der Waals surface area contributed by atoms with E-state index >= 15 is 0 Å². The first-order valence-electron chi connectivity index (χ1n) is 5.06. The number of ether oxygens (including phenoxy) is 1. The quantitative estimate of drug-likeness (QED) is 0.500. The molecule has 3 nitrogen and oxygen atoms in total. The van der Waals surface area contributed by atoms with Crippen LogP contribution in [0.5, 0.6) is 0 Å². The van der Waals surface area contributed by atoms with Gasteiger partial charge in [-0.15, -0.1) is 0 Å². The van der Waals surface area contributed by atoms with Crippen LogP contribution in [0.4, 0.5) is 0 Å². The molecule has 0 bridgehead atoms. The third-order valence-corrected chi connectivity index (χ3v) is 2.49. The molecule has 3 heteroatoms. The van der Waals surface area contributed by atoms with Gasteiger partial charge in [-0.2, -0.15) is 0 Å². The SMILES string of the molecule is C/C=C(\C)C(C(=O)OC)N(CC)CC. The normalized spacial score (nSPS) is 14.3. The fourth-order valence-electron chi connectivity index (χ4n) is 1.48. The maximum absolute atomic E-state index is 11.6. The average Bonchev–Trinajstić information content (AvgIpc) is 2.23. The summed E-state index contributed by atoms with van der Waals surface area (Å²) in [7, 11) is 1.43. The van der Waals surface area contributed by atoms with Crippen molar-refractivity contribution in [3.63, 3.8) is 0 Å². The number of hydrogen-bond acceptors (Lipinski definition) is 3. The molecule has 0 aromatic carbocycles. The van der Waals surface area contributed by atoms with E-state index in [1.54, 1.807) is 0 Å². The monoisotopic (exact) mass is 199 g/mol. The molecule has 0 aromatic heterocycles. The molecule has 0 heterocycles. The van der Waals surface area contributed by atoms with Gasteiger partial charge in [-0.1, -0.05) is 19.9 Å². The van der Waals surface area contributed by atoms with E-state index < -0.39 is 0 Å². The van der Waals surface area contributed by atoms with Crippen LogP contribution in [0, 0.1) is 0 Å². The average molecular weight is 199 g/mol. The first-order chi connectivity index (χ1) is 6.62. The van der Waals surface area contributed by atoms with Gasteiger partial charge in [-0.05, 0) is 32.5 Å². The lowest BCUT2D eigenvalue weighted by Crippen LogP contribution is -2.42. The largest absolute Gasteiger partial charge is 0.468 e. The Balaban J connectivity index is 4.79. The van der Waals surface area contributed by atoms with Gasteiger partial charge in [0.25, 0.3) is 0 Å². The van der Waals surface area contributed by atoms with Crippen molar-refractivity contribution in [3.05, 3.63) is 11.6 Å². The minimum absolute atomic E-state index is 0.177. The van der Waals surface area contributed by atoms with E-state index in [2.05, 4.69) is 4.90 Å². The van der Waals surface area contributed by atoms with Crippen molar-refractivity contribution in [2.45, 2.75) is 33.7 Å². The highest BCUT2D eigenvalue weighted by molar-refractivity contribution is 5.79. The number of carbonyl (C=O) groups excluding carboxylic acids is 1. The van der Waals surface area contributed by atoms with Crippen molar-refractivity contribution in [2.24, 2.45) is 0 Å². The highest BCUT2D eigenvalue weighted by Crippen LogP contribution is 2.11. The molecule has 14 heavy (non-hydrogen) atoms. The Kier molecular flexibility index (Phi) is 6.21. The highest BCUT2D eigenvalue weighted by atomic mass is 16.5. The molecule has 0 amide bonds. The van der Waals surface area contributed by atoms with Crippen molar-refractivity contribution in [3.8, 4) is 0 Å². The van der Waals surface area contributed by atoms with E-state index in [9.17, 15) is 4.79 Å². The van der Waals surface area contributed by atoms with Crippen molar-refractivity contribution < 1.29 is 9.53 Å². The number of esters is 1. The Hall–Kier alpha value is -0.830. The standard InChI is InChI=1S/C11H21NO2/c1-6-9(4)10(11(13)14-5)12(7-2)8-3/h6,10H,7-8H2,1-5H3/b9-6+. The number of rotatable bonds is 5. The zero-order valence-corrected chi connectivity index (χ0v) is 9.83. The summed E-state index contributed by atoms with van der Waals surface area (Å²) < 4.78 is 4.80. The third kappa shape index (κ3) is 3.14. The van der Waals surface area contributed by atoms with Crippen LogP contribution in [0.1, 0.15) is 27.7 Å². The number of carbonyl (C=O) groups is 1. The third-order valence-electron chi connectivity index (χ3n) is 2.49. The smallest absolute Gasteiger partial charge is 0.327 e. The maximum Gasteiger partial charge on any atom is 0.327 e. The first kappa shape index (κ1) is 13.2. The Morgan fingerprint density at radius 2 is 1.93 bits per heavy atom. The van der Waals surface area contributed by atoms with Crippen LogP contribution in [-0.4, -0.2) is 37.1 Å². The van der Waals surface area contributed by atoms with Crippen LogP contribution in [0.25, 0.3) is 0 Å². The molecule has 0 aliphatic carbocycles. The molecule has 0 fully saturated rings. The summed E-state index contributed by atoms with van der Waals surface area (Å²) in [6.45, 7) is 9.68. The number of likely N-dealkylation sites (N-methyl/N-ethyl adjacent to an activating group) is 1. The molecule has 1 atom stereocenters. The van der Waals surface area contributed by atoms with Gasteiger partial charge in [0.15, 0.2) is 0 Å². The fourth-order valence-corrected chi connectivity index (χ4v) is 1.48. The second kappa shape index (κ2) is 6.60. The van der Waals surface area contributed by atoms with Crippen LogP contribution in [0.3, 0.4) is 0 Å². The maximum atomic E-state index is 11.6. The van der Waals surface area contributed by atoms with E-state index in [0.717, 1.165) is 18.7 Å². The van der Waals surface area contributed by atoms with Crippen LogP contribution in [0.15, 0.2) is 11.6 Å². The molecular formula is C11H21NO2. The van der Waals surface area contributed by atoms with Crippen molar-refractivity contribution in [1.29, 1.82) is 0 Å². The molecule has 1 unspecified atom stereocenters. The predicted molar refractivity (Wildman–Crippen MR) is 58.2 cm³/mol. The molecule has 0 spiro atoms. The molecule has 0 radical (unpaired) electrons. The molecule has 0 saturated carbocycles. The molecule has 82 valence electrons. The zero-order valence-electron chi connectivity index (χ0n) is 9.83. The van der Waals surface area contributed by atoms with Crippen LogP contribution in [-0.2, 0) is 9.53 Å². The Labute approximate surface area is 86.7 Å². The summed E-state index contributed by atoms with van der Waals surface area (Å²) in [5, 5.41) is 0. The zero-order chi connectivity index (χ0) is 11.1. The van der Waals surface area contributed by atoms with Crippen LogP contribution < -0.4 is 0 Å². The highest BCUT2D eigenvalue weighted by Gasteiger charge is 2.25. The van der Waals surface area contributed by atoms with Crippen molar-refractivity contribution >= 4 is 5.97 Å². The second-order valence-corrected chi connectivity index (χ2v) is 3.18. The summed E-state index contributed by atoms with van der Waals surface area (Å²) in [4.78, 5) is 13.7. The van der Waals surface area contributed by atoms with E-state index in [0.29, 0.717) is 0 Å². The molecule has 0 aliphatic heterocycles. The van der Waals surface area contributed by atoms with Crippen LogP contribution >= 0.6 is 0 Å². The van der Waals surface area contributed by atoms with E-state index in [-0.39, 0.29) is 12.0 Å². The van der Waals surface area contributed by atoms with Crippen molar-refractivity contribution in [1.82, 2.24) is 4.90 Å². The van der Waals surface area contributed by atoms with Gasteiger partial charge in [-0.25, -0.2) is 0 Å². The minimum atomic E-state index is -0.222. The summed E-state index contributed by atoms with van der Waals surface area (Å²) in [5.74, 6) is -0.177. The van der Waals surface area contributed by atoms with E-state index in [1.807, 2.05) is 33.8 Å². The van der Waals surface area contributed by atoms with Gasteiger partial charge in [-0.3, -0.25) is 9.69 Å². The lowest BCUT2D eigenvalue weighted by molar-refractivity contribution is -0.145. The topological polar surface area (TPSA) is 29.5 Å². The fraction of sp³-hybridized carbons (Fsp3) is 0.727. The molecular weight excluding hydrogens is 178 g/mol. The van der Waals surface area contributed by atoms with Crippen LogP contribution in [0.2, 0.25) is 0 Å². The Bertz CT molecular complexity index is 207. The first-order valence-corrected chi connectivity index (χ1v) is 5.06. The Morgan fingerprint density at radius 3 is 2.21 bits per heavy atom. The molecule has 0 aliphatic rings. The van der Waals surface area contributed by atoms with Gasteiger partial charge in [0.05, 0.1) is 7.11 Å². The lowest BCUT2D eigenvalue weighted by atomic mass is 10.1. The van der Waals surface area contributed by atoms with Crippen molar-refractivity contribution in [2.75, 3.05) is 20.2 Å². The van der Waals surface area contributed by atoms with Gasteiger partial charge in [0.2, 0.25) is 0 Å². The molecule has 0 saturated heterocycles. The number of nitrogens with zero attached hydrogens (tertiary/aromatic N) is 1. The minimum Gasteiger partial charge on any atom is -0.468 e. The summed E-state index contributed by atoms with van der Waals surface area (Å²) in [6, 6.07) is -0.222. The van der Waals surface area contributed by atoms with Gasteiger partial charge in [0.1, 0.15) is 6.04 Å². The Morgan fingerprint density at radius 1 is 1.43 bits per heavy atom. The van der Waals surface area contributed by atoms with Gasteiger partial charge < -0.3 is 4.74 Å². The molecule has 0 N–H and O–H groups in total. The lowest BCUT2D eigenvalue weighted by Gasteiger charge is -2.27. The second-order valence-electron chi connectivity index (χ2n) is 3.18. The number of hydrogen-bond donors (Lipinski definition) is 0. The van der Waals surface area contributed by atoms with E-state index in [1.165, 1.54) is 7.11 Å². The number of allylic oxidation sites excluding steroid dienone is 1. The molecule has 0 aromatic rings. The van der Waals surface area contributed by atoms with Gasteiger partial charge in [0, 0.05) is 0 Å².